The Hall–Kier alpha value is -1.61. The predicted molar refractivity (Wildman–Crippen MR) is 72.6 cm³/mol. The summed E-state index contributed by atoms with van der Waals surface area (Å²) in [5.74, 6) is 0.952. The van der Waals surface area contributed by atoms with Gasteiger partial charge in [-0.25, -0.2) is 0 Å². The minimum Gasteiger partial charge on any atom is -0.467 e. The lowest BCUT2D eigenvalue weighted by atomic mass is 10.0. The summed E-state index contributed by atoms with van der Waals surface area (Å²) >= 11 is 0. The largest absolute Gasteiger partial charge is 0.467 e. The number of hydrogen-bond donors (Lipinski definition) is 1. The molecule has 1 unspecified atom stereocenters. The van der Waals surface area contributed by atoms with Crippen molar-refractivity contribution in [3.05, 3.63) is 53.2 Å². The quantitative estimate of drug-likeness (QED) is 0.876. The lowest BCUT2D eigenvalue weighted by Gasteiger charge is -2.17. The minimum absolute atomic E-state index is 0.111. The van der Waals surface area contributed by atoms with Crippen molar-refractivity contribution in [3.8, 4) is 0 Å². The summed E-state index contributed by atoms with van der Waals surface area (Å²) < 4.78 is 5.54. The fraction of sp³-hybridized carbons (Fsp3) is 0.400. The van der Waals surface area contributed by atoms with E-state index in [1.54, 1.807) is 6.26 Å². The molecule has 0 spiro atoms. The van der Waals surface area contributed by atoms with Gasteiger partial charge in [-0.15, -0.1) is 0 Å². The zero-order chi connectivity index (χ0) is 13.0. The summed E-state index contributed by atoms with van der Waals surface area (Å²) in [4.78, 5) is 4.42. The number of rotatable bonds is 5. The van der Waals surface area contributed by atoms with Crippen LogP contribution in [0, 0.1) is 13.8 Å². The average molecular weight is 244 g/mol. The molecule has 2 heterocycles. The Balaban J connectivity index is 2.33. The van der Waals surface area contributed by atoms with Crippen LogP contribution in [-0.4, -0.2) is 11.5 Å². The van der Waals surface area contributed by atoms with Crippen molar-refractivity contribution in [2.75, 3.05) is 6.54 Å². The molecular weight excluding hydrogens is 224 g/mol. The number of furan rings is 1. The van der Waals surface area contributed by atoms with E-state index in [4.69, 9.17) is 4.42 Å². The fourth-order valence-corrected chi connectivity index (χ4v) is 2.16. The monoisotopic (exact) mass is 244 g/mol. The van der Waals surface area contributed by atoms with Crippen LogP contribution in [-0.2, 0) is 0 Å². The molecule has 0 aliphatic heterocycles. The van der Waals surface area contributed by atoms with Gasteiger partial charge in [-0.2, -0.15) is 0 Å². The second-order valence-corrected chi connectivity index (χ2v) is 4.59. The standard InChI is InChI=1S/C15H20N2O/c1-4-7-16-15(14-6-5-8-18-14)13-9-11(2)17-12(3)10-13/h5-6,8-10,15-16H,4,7H2,1-3H3. The SMILES string of the molecule is CCCNC(c1cc(C)nc(C)c1)c1ccco1. The van der Waals surface area contributed by atoms with Gasteiger partial charge in [0, 0.05) is 11.4 Å². The van der Waals surface area contributed by atoms with E-state index in [0.717, 1.165) is 30.1 Å². The molecule has 2 aromatic rings. The van der Waals surface area contributed by atoms with E-state index in [2.05, 4.69) is 29.4 Å². The molecule has 1 atom stereocenters. The summed E-state index contributed by atoms with van der Waals surface area (Å²) in [6.45, 7) is 7.17. The van der Waals surface area contributed by atoms with Crippen LogP contribution in [0.25, 0.3) is 0 Å². The molecule has 2 rings (SSSR count). The van der Waals surface area contributed by atoms with E-state index in [0.29, 0.717) is 0 Å². The third-order valence-electron chi connectivity index (χ3n) is 2.86. The van der Waals surface area contributed by atoms with Crippen molar-refractivity contribution in [2.24, 2.45) is 0 Å². The molecule has 0 bridgehead atoms. The third kappa shape index (κ3) is 2.99. The summed E-state index contributed by atoms with van der Waals surface area (Å²) in [5.41, 5.74) is 3.29. The van der Waals surface area contributed by atoms with Gasteiger partial charge in [-0.1, -0.05) is 6.92 Å². The van der Waals surface area contributed by atoms with E-state index in [9.17, 15) is 0 Å². The molecule has 2 aromatic heterocycles. The van der Waals surface area contributed by atoms with Crippen LogP contribution in [0.2, 0.25) is 0 Å². The Kier molecular flexibility index (Phi) is 4.15. The number of nitrogens with zero attached hydrogens (tertiary/aromatic N) is 1. The molecule has 0 amide bonds. The van der Waals surface area contributed by atoms with E-state index in [1.165, 1.54) is 5.56 Å². The number of hydrogen-bond acceptors (Lipinski definition) is 3. The summed E-state index contributed by atoms with van der Waals surface area (Å²) in [7, 11) is 0. The Bertz CT molecular complexity index is 471. The molecule has 3 heteroatoms. The smallest absolute Gasteiger partial charge is 0.125 e. The lowest BCUT2D eigenvalue weighted by molar-refractivity contribution is 0.446. The van der Waals surface area contributed by atoms with Crippen LogP contribution < -0.4 is 5.32 Å². The molecule has 0 aliphatic carbocycles. The van der Waals surface area contributed by atoms with Crippen LogP contribution in [0.1, 0.15) is 42.1 Å². The molecule has 0 saturated carbocycles. The van der Waals surface area contributed by atoms with Crippen LogP contribution in [0.4, 0.5) is 0 Å². The molecular formula is C15H20N2O. The zero-order valence-corrected chi connectivity index (χ0v) is 11.2. The van der Waals surface area contributed by atoms with Crippen LogP contribution in [0.15, 0.2) is 34.9 Å². The van der Waals surface area contributed by atoms with Gasteiger partial charge < -0.3 is 9.73 Å². The normalized spacial score (nSPS) is 12.6. The molecule has 0 radical (unpaired) electrons. The molecule has 96 valence electrons. The minimum atomic E-state index is 0.111. The molecule has 0 aliphatic rings. The van der Waals surface area contributed by atoms with Gasteiger partial charge in [-0.3, -0.25) is 4.98 Å². The predicted octanol–water partition coefficient (Wildman–Crippen LogP) is 3.38. The first-order valence-electron chi connectivity index (χ1n) is 6.42. The fourth-order valence-electron chi connectivity index (χ4n) is 2.16. The van der Waals surface area contributed by atoms with Crippen molar-refractivity contribution >= 4 is 0 Å². The summed E-state index contributed by atoms with van der Waals surface area (Å²) in [6.07, 6.45) is 2.82. The number of aromatic nitrogens is 1. The molecule has 3 nitrogen and oxygen atoms in total. The highest BCUT2D eigenvalue weighted by Gasteiger charge is 2.16. The van der Waals surface area contributed by atoms with Gasteiger partial charge >= 0.3 is 0 Å². The van der Waals surface area contributed by atoms with Crippen LogP contribution in [0.5, 0.6) is 0 Å². The zero-order valence-electron chi connectivity index (χ0n) is 11.2. The Morgan fingerprint density at radius 1 is 1.28 bits per heavy atom. The Labute approximate surface area is 108 Å². The van der Waals surface area contributed by atoms with Gasteiger partial charge in [0.2, 0.25) is 0 Å². The highest BCUT2D eigenvalue weighted by Crippen LogP contribution is 2.23. The van der Waals surface area contributed by atoms with E-state index >= 15 is 0 Å². The van der Waals surface area contributed by atoms with Gasteiger partial charge in [0.05, 0.1) is 12.3 Å². The van der Waals surface area contributed by atoms with Gasteiger partial charge in [0.25, 0.3) is 0 Å². The van der Waals surface area contributed by atoms with Crippen molar-refractivity contribution in [1.29, 1.82) is 0 Å². The molecule has 0 fully saturated rings. The Morgan fingerprint density at radius 2 is 2.00 bits per heavy atom. The summed E-state index contributed by atoms with van der Waals surface area (Å²) in [5, 5.41) is 3.52. The third-order valence-corrected chi connectivity index (χ3v) is 2.86. The number of nitrogens with one attached hydrogen (secondary N) is 1. The maximum atomic E-state index is 5.54. The van der Waals surface area contributed by atoms with Crippen LogP contribution in [0.3, 0.4) is 0 Å². The van der Waals surface area contributed by atoms with E-state index < -0.39 is 0 Å². The molecule has 0 aromatic carbocycles. The van der Waals surface area contributed by atoms with Gasteiger partial charge in [-0.05, 0) is 56.6 Å². The first kappa shape index (κ1) is 12.8. The van der Waals surface area contributed by atoms with Crippen molar-refractivity contribution in [3.63, 3.8) is 0 Å². The maximum absolute atomic E-state index is 5.54. The van der Waals surface area contributed by atoms with Crippen molar-refractivity contribution in [1.82, 2.24) is 10.3 Å². The van der Waals surface area contributed by atoms with Crippen molar-refractivity contribution in [2.45, 2.75) is 33.2 Å². The first-order valence-corrected chi connectivity index (χ1v) is 6.42. The molecule has 0 saturated heterocycles. The average Bonchev–Trinajstić information content (AvgIpc) is 2.82. The second kappa shape index (κ2) is 5.83. The first-order chi connectivity index (χ1) is 8.70. The molecule has 18 heavy (non-hydrogen) atoms. The topological polar surface area (TPSA) is 38.1 Å². The summed E-state index contributed by atoms with van der Waals surface area (Å²) in [6, 6.07) is 8.28. The number of aryl methyl sites for hydroxylation is 2. The van der Waals surface area contributed by atoms with Gasteiger partial charge in [0.15, 0.2) is 0 Å². The molecule has 1 N–H and O–H groups in total. The Morgan fingerprint density at radius 3 is 2.56 bits per heavy atom. The van der Waals surface area contributed by atoms with E-state index in [-0.39, 0.29) is 6.04 Å². The van der Waals surface area contributed by atoms with Crippen molar-refractivity contribution < 1.29 is 4.42 Å². The van der Waals surface area contributed by atoms with Crippen LogP contribution >= 0.6 is 0 Å². The number of pyridine rings is 1. The highest BCUT2D eigenvalue weighted by atomic mass is 16.3. The lowest BCUT2D eigenvalue weighted by Crippen LogP contribution is -2.23. The second-order valence-electron chi connectivity index (χ2n) is 4.59. The maximum Gasteiger partial charge on any atom is 0.125 e. The van der Waals surface area contributed by atoms with E-state index in [1.807, 2.05) is 26.0 Å². The van der Waals surface area contributed by atoms with Gasteiger partial charge in [0.1, 0.15) is 5.76 Å². The highest BCUT2D eigenvalue weighted by molar-refractivity contribution is 5.29.